The number of methoxy groups -OCH3 is 2. The van der Waals surface area contributed by atoms with Gasteiger partial charge < -0.3 is 14.8 Å². The number of hydrogen-bond acceptors (Lipinski definition) is 7. The summed E-state index contributed by atoms with van der Waals surface area (Å²) in [7, 11) is 2.56. The third-order valence-corrected chi connectivity index (χ3v) is 5.03. The predicted molar refractivity (Wildman–Crippen MR) is 109 cm³/mol. The first kappa shape index (κ1) is 20.0. The van der Waals surface area contributed by atoms with Crippen molar-refractivity contribution in [2.24, 2.45) is 0 Å². The summed E-state index contributed by atoms with van der Waals surface area (Å²) in [5, 5.41) is 15.9. The number of nitrogens with one attached hydrogen (secondary N) is 1. The van der Waals surface area contributed by atoms with Gasteiger partial charge in [0, 0.05) is 22.6 Å². The molecule has 3 aromatic rings. The highest BCUT2D eigenvalue weighted by Crippen LogP contribution is 2.36. The Morgan fingerprint density at radius 1 is 1.10 bits per heavy atom. The second kappa shape index (κ2) is 8.53. The van der Waals surface area contributed by atoms with Crippen LogP contribution in [-0.4, -0.2) is 31.0 Å². The van der Waals surface area contributed by atoms with Gasteiger partial charge in [-0.05, 0) is 17.7 Å². The second-order valence-electron chi connectivity index (χ2n) is 5.81. The molecular formula is C20H16N2O6S. The van der Waals surface area contributed by atoms with E-state index in [2.05, 4.69) is 5.32 Å². The van der Waals surface area contributed by atoms with Gasteiger partial charge in [0.05, 0.1) is 19.1 Å². The van der Waals surface area contributed by atoms with Crippen molar-refractivity contribution in [1.29, 1.82) is 0 Å². The molecule has 3 rings (SSSR count). The lowest BCUT2D eigenvalue weighted by atomic mass is 10.0. The molecule has 0 atom stereocenters. The number of esters is 1. The molecule has 0 saturated heterocycles. The molecule has 0 bridgehead atoms. The van der Waals surface area contributed by atoms with Crippen molar-refractivity contribution < 1.29 is 24.0 Å². The van der Waals surface area contributed by atoms with E-state index in [0.29, 0.717) is 10.6 Å². The van der Waals surface area contributed by atoms with Gasteiger partial charge in [0.15, 0.2) is 5.75 Å². The van der Waals surface area contributed by atoms with Crippen LogP contribution >= 0.6 is 11.3 Å². The van der Waals surface area contributed by atoms with E-state index in [1.165, 1.54) is 26.4 Å². The van der Waals surface area contributed by atoms with Gasteiger partial charge in [-0.25, -0.2) is 4.79 Å². The molecule has 0 aliphatic carbocycles. The molecule has 0 aliphatic rings. The van der Waals surface area contributed by atoms with E-state index >= 15 is 0 Å². The molecule has 1 amide bonds. The molecule has 8 nitrogen and oxygen atoms in total. The van der Waals surface area contributed by atoms with Crippen LogP contribution in [0.1, 0.15) is 20.7 Å². The van der Waals surface area contributed by atoms with Gasteiger partial charge in [-0.2, -0.15) is 0 Å². The molecule has 0 spiro atoms. The number of hydrogen-bond donors (Lipinski definition) is 1. The van der Waals surface area contributed by atoms with Crippen LogP contribution in [0.2, 0.25) is 0 Å². The topological polar surface area (TPSA) is 108 Å². The Morgan fingerprint density at radius 3 is 2.45 bits per heavy atom. The van der Waals surface area contributed by atoms with Gasteiger partial charge in [-0.15, -0.1) is 11.3 Å². The first-order valence-electron chi connectivity index (χ1n) is 8.35. The largest absolute Gasteiger partial charge is 0.490 e. The average molecular weight is 412 g/mol. The Balaban J connectivity index is 1.97. The molecule has 1 heterocycles. The Bertz CT molecular complexity index is 1080. The van der Waals surface area contributed by atoms with Crippen molar-refractivity contribution in [1.82, 2.24) is 0 Å². The van der Waals surface area contributed by atoms with Gasteiger partial charge in [0.25, 0.3) is 5.91 Å². The number of thiophene rings is 1. The Hall–Kier alpha value is -3.72. The summed E-state index contributed by atoms with van der Waals surface area (Å²) in [4.78, 5) is 35.6. The molecule has 2 aromatic carbocycles. The van der Waals surface area contributed by atoms with E-state index in [4.69, 9.17) is 9.47 Å². The number of amides is 1. The fourth-order valence-electron chi connectivity index (χ4n) is 2.73. The SMILES string of the molecule is COC(=O)c1c(-c2ccccc2)csc1NC(=O)c1ccc(OC)c([N+](=O)[O-])c1. The highest BCUT2D eigenvalue weighted by Gasteiger charge is 2.24. The molecule has 0 saturated carbocycles. The van der Waals surface area contributed by atoms with Crippen LogP contribution < -0.4 is 10.1 Å². The number of carbonyl (C=O) groups is 2. The fraction of sp³-hybridized carbons (Fsp3) is 0.100. The summed E-state index contributed by atoms with van der Waals surface area (Å²) in [6.45, 7) is 0. The maximum atomic E-state index is 12.7. The maximum absolute atomic E-state index is 12.7. The van der Waals surface area contributed by atoms with Crippen LogP contribution in [0.25, 0.3) is 11.1 Å². The molecule has 1 aromatic heterocycles. The van der Waals surface area contributed by atoms with Gasteiger partial charge in [-0.3, -0.25) is 14.9 Å². The zero-order valence-corrected chi connectivity index (χ0v) is 16.3. The second-order valence-corrected chi connectivity index (χ2v) is 6.69. The van der Waals surface area contributed by atoms with Crippen LogP contribution in [0.3, 0.4) is 0 Å². The number of carbonyl (C=O) groups excluding carboxylic acids is 2. The summed E-state index contributed by atoms with van der Waals surface area (Å²) in [5.41, 5.74) is 1.37. The molecule has 1 N–H and O–H groups in total. The summed E-state index contributed by atoms with van der Waals surface area (Å²) in [6, 6.07) is 13.1. The van der Waals surface area contributed by atoms with Crippen molar-refractivity contribution in [2.75, 3.05) is 19.5 Å². The number of benzene rings is 2. The normalized spacial score (nSPS) is 10.3. The lowest BCUT2D eigenvalue weighted by Crippen LogP contribution is -2.14. The van der Waals surface area contributed by atoms with Gasteiger partial charge in [0.1, 0.15) is 10.6 Å². The molecule has 148 valence electrons. The monoisotopic (exact) mass is 412 g/mol. The highest BCUT2D eigenvalue weighted by atomic mass is 32.1. The zero-order chi connectivity index (χ0) is 21.0. The number of nitrogens with zero attached hydrogens (tertiary/aromatic N) is 1. The maximum Gasteiger partial charge on any atom is 0.341 e. The molecule has 0 unspecified atom stereocenters. The summed E-state index contributed by atoms with van der Waals surface area (Å²) >= 11 is 1.16. The van der Waals surface area contributed by atoms with E-state index in [9.17, 15) is 19.7 Å². The van der Waals surface area contributed by atoms with Gasteiger partial charge in [-0.1, -0.05) is 30.3 Å². The zero-order valence-electron chi connectivity index (χ0n) is 15.5. The molecule has 9 heteroatoms. The first-order chi connectivity index (χ1) is 14.0. The van der Waals surface area contributed by atoms with Crippen LogP contribution in [-0.2, 0) is 4.74 Å². The molecule has 0 aliphatic heterocycles. The number of anilines is 1. The third kappa shape index (κ3) is 4.09. The van der Waals surface area contributed by atoms with E-state index in [1.54, 1.807) is 5.38 Å². The molecule has 0 radical (unpaired) electrons. The van der Waals surface area contributed by atoms with Gasteiger partial charge >= 0.3 is 11.7 Å². The van der Waals surface area contributed by atoms with E-state index in [1.807, 2.05) is 30.3 Å². The number of ether oxygens (including phenoxy) is 2. The number of nitro benzene ring substituents is 1. The van der Waals surface area contributed by atoms with Crippen LogP contribution in [0.15, 0.2) is 53.9 Å². The minimum Gasteiger partial charge on any atom is -0.490 e. The average Bonchev–Trinajstić information content (AvgIpc) is 3.16. The number of nitro groups is 1. The van der Waals surface area contributed by atoms with Crippen LogP contribution in [0.4, 0.5) is 10.7 Å². The Morgan fingerprint density at radius 2 is 1.83 bits per heavy atom. The summed E-state index contributed by atoms with van der Waals surface area (Å²) < 4.78 is 9.82. The smallest absolute Gasteiger partial charge is 0.341 e. The molecular weight excluding hydrogens is 396 g/mol. The lowest BCUT2D eigenvalue weighted by Gasteiger charge is -2.08. The number of rotatable bonds is 6. The summed E-state index contributed by atoms with van der Waals surface area (Å²) in [6.07, 6.45) is 0. The highest BCUT2D eigenvalue weighted by molar-refractivity contribution is 7.15. The van der Waals surface area contributed by atoms with Gasteiger partial charge in [0.2, 0.25) is 0 Å². The standard InChI is InChI=1S/C20H16N2O6S/c1-27-16-9-8-13(10-15(16)22(25)26)18(23)21-19-17(20(24)28-2)14(11-29-19)12-6-4-3-5-7-12/h3-11H,1-2H3,(H,21,23). The van der Waals surface area contributed by atoms with E-state index in [-0.39, 0.29) is 22.6 Å². The van der Waals surface area contributed by atoms with Crippen molar-refractivity contribution in [3.63, 3.8) is 0 Å². The molecule has 29 heavy (non-hydrogen) atoms. The quantitative estimate of drug-likeness (QED) is 0.366. The first-order valence-corrected chi connectivity index (χ1v) is 9.23. The fourth-order valence-corrected chi connectivity index (χ4v) is 3.69. The van der Waals surface area contributed by atoms with Crippen molar-refractivity contribution in [3.8, 4) is 16.9 Å². The third-order valence-electron chi connectivity index (χ3n) is 4.13. The van der Waals surface area contributed by atoms with Crippen molar-refractivity contribution in [3.05, 3.63) is 75.2 Å². The molecule has 0 fully saturated rings. The van der Waals surface area contributed by atoms with E-state index in [0.717, 1.165) is 23.0 Å². The summed E-state index contributed by atoms with van der Waals surface area (Å²) in [5.74, 6) is -1.15. The van der Waals surface area contributed by atoms with Crippen molar-refractivity contribution >= 4 is 33.9 Å². The van der Waals surface area contributed by atoms with E-state index < -0.39 is 16.8 Å². The Kier molecular flexibility index (Phi) is 5.89. The Labute approximate surface area is 169 Å². The van der Waals surface area contributed by atoms with Crippen LogP contribution in [0, 0.1) is 10.1 Å². The van der Waals surface area contributed by atoms with Crippen molar-refractivity contribution in [2.45, 2.75) is 0 Å². The minimum atomic E-state index is -0.631. The predicted octanol–water partition coefficient (Wildman–Crippen LogP) is 4.37. The lowest BCUT2D eigenvalue weighted by molar-refractivity contribution is -0.385. The van der Waals surface area contributed by atoms with Crippen LogP contribution in [0.5, 0.6) is 5.75 Å². The minimum absolute atomic E-state index is 0.0456.